The molecule has 3 unspecified atom stereocenters. The first-order chi connectivity index (χ1) is 17.5. The van der Waals surface area contributed by atoms with E-state index in [1.807, 2.05) is 39.0 Å². The summed E-state index contributed by atoms with van der Waals surface area (Å²) in [7, 11) is 0. The van der Waals surface area contributed by atoms with Crippen molar-refractivity contribution in [2.45, 2.75) is 44.2 Å². The molecule has 0 spiro atoms. The third kappa shape index (κ3) is 7.76. The summed E-state index contributed by atoms with van der Waals surface area (Å²) in [4.78, 5) is 29.3. The fraction of sp³-hybridized carbons (Fsp3) is 0.654. The first-order valence-corrected chi connectivity index (χ1v) is 13.8. The molecule has 9 nitrogen and oxygen atoms in total. The molecular formula is C26H39N5O4S. The number of morpholine rings is 1. The summed E-state index contributed by atoms with van der Waals surface area (Å²) >= 11 is 1.56. The van der Waals surface area contributed by atoms with Gasteiger partial charge in [-0.3, -0.25) is 14.5 Å². The van der Waals surface area contributed by atoms with Crippen molar-refractivity contribution < 1.29 is 19.1 Å². The van der Waals surface area contributed by atoms with E-state index in [1.165, 1.54) is 0 Å². The van der Waals surface area contributed by atoms with Crippen molar-refractivity contribution in [3.8, 4) is 11.8 Å². The number of amides is 2. The highest BCUT2D eigenvalue weighted by Gasteiger charge is 2.40. The summed E-state index contributed by atoms with van der Waals surface area (Å²) < 4.78 is 11.5. The van der Waals surface area contributed by atoms with Gasteiger partial charge in [-0.05, 0) is 38.8 Å². The Balaban J connectivity index is 1.48. The van der Waals surface area contributed by atoms with Crippen LogP contribution >= 0.6 is 11.8 Å². The van der Waals surface area contributed by atoms with Gasteiger partial charge < -0.3 is 25.0 Å². The molecule has 0 aromatic heterocycles. The number of thioether (sulfide) groups is 1. The number of carbonyl (C=O) groups is 2. The Morgan fingerprint density at radius 3 is 2.81 bits per heavy atom. The molecule has 36 heavy (non-hydrogen) atoms. The minimum absolute atomic E-state index is 0.0814. The zero-order valence-electron chi connectivity index (χ0n) is 21.6. The summed E-state index contributed by atoms with van der Waals surface area (Å²) in [6, 6.07) is 8.19. The summed E-state index contributed by atoms with van der Waals surface area (Å²) in [5, 5.41) is 15.2. The first-order valence-electron chi connectivity index (χ1n) is 12.9. The van der Waals surface area contributed by atoms with Crippen LogP contribution in [-0.4, -0.2) is 91.3 Å². The molecule has 2 heterocycles. The van der Waals surface area contributed by atoms with Crippen LogP contribution in [0.5, 0.6) is 5.75 Å². The van der Waals surface area contributed by atoms with Crippen molar-refractivity contribution in [3.63, 3.8) is 0 Å². The quantitative estimate of drug-likeness (QED) is 0.411. The van der Waals surface area contributed by atoms with Gasteiger partial charge in [0.15, 0.2) is 0 Å². The molecule has 2 fully saturated rings. The highest BCUT2D eigenvalue weighted by atomic mass is 32.2. The molecule has 2 aliphatic rings. The molecule has 2 N–H and O–H groups in total. The predicted octanol–water partition coefficient (Wildman–Crippen LogP) is 2.46. The summed E-state index contributed by atoms with van der Waals surface area (Å²) in [6.07, 6.45) is 1.01. The maximum absolute atomic E-state index is 13.0. The second-order valence-corrected chi connectivity index (χ2v) is 10.4. The maximum atomic E-state index is 13.0. The molecule has 3 rings (SSSR count). The van der Waals surface area contributed by atoms with E-state index in [4.69, 9.17) is 9.47 Å². The van der Waals surface area contributed by atoms with E-state index in [0.29, 0.717) is 39.1 Å². The van der Waals surface area contributed by atoms with E-state index >= 15 is 0 Å². The number of nitriles is 1. The number of rotatable bonds is 13. The Morgan fingerprint density at radius 2 is 2.11 bits per heavy atom. The van der Waals surface area contributed by atoms with Gasteiger partial charge in [0.2, 0.25) is 11.8 Å². The molecule has 0 bridgehead atoms. The van der Waals surface area contributed by atoms with Gasteiger partial charge in [0.1, 0.15) is 18.3 Å². The van der Waals surface area contributed by atoms with Gasteiger partial charge in [-0.1, -0.05) is 6.07 Å². The monoisotopic (exact) mass is 517 g/mol. The molecule has 1 aromatic carbocycles. The first kappa shape index (κ1) is 28.1. The minimum Gasteiger partial charge on any atom is -0.492 e. The normalized spacial score (nSPS) is 21.2. The van der Waals surface area contributed by atoms with E-state index < -0.39 is 5.92 Å². The van der Waals surface area contributed by atoms with Crippen LogP contribution in [-0.2, 0) is 14.3 Å². The number of benzene rings is 1. The Labute approximate surface area is 218 Å². The molecule has 0 aliphatic carbocycles. The Kier molecular flexibility index (Phi) is 11.2. The number of ether oxygens (including phenoxy) is 2. The highest BCUT2D eigenvalue weighted by Crippen LogP contribution is 2.37. The molecule has 2 aliphatic heterocycles. The van der Waals surface area contributed by atoms with Crippen LogP contribution in [0.2, 0.25) is 0 Å². The van der Waals surface area contributed by atoms with Crippen molar-refractivity contribution in [1.82, 2.24) is 15.1 Å². The summed E-state index contributed by atoms with van der Waals surface area (Å²) in [5.74, 6) is -0.0745. The summed E-state index contributed by atoms with van der Waals surface area (Å²) in [5.41, 5.74) is 2.05. The number of aryl methyl sites for hydroxylation is 1. The average molecular weight is 518 g/mol. The van der Waals surface area contributed by atoms with E-state index in [9.17, 15) is 14.9 Å². The molecule has 198 valence electrons. The standard InChI is InChI=1S/C26H39N5O4S/c1-4-28-25(32)20(18-27)16-24-31(5-2)26(33)23(36-24)8-9-29-21-7-6-19(3)22(17-21)35-15-12-30-10-13-34-14-11-30/h6-7,17,20,23-24,29H,4-5,8-16H2,1-3H3,(H,28,32). The van der Waals surface area contributed by atoms with Crippen LogP contribution in [0.25, 0.3) is 0 Å². The third-order valence-electron chi connectivity index (χ3n) is 6.52. The third-order valence-corrected chi connectivity index (χ3v) is 8.05. The molecule has 0 radical (unpaired) electrons. The highest BCUT2D eigenvalue weighted by molar-refractivity contribution is 8.01. The average Bonchev–Trinajstić information content (AvgIpc) is 3.18. The van der Waals surface area contributed by atoms with E-state index in [2.05, 4.69) is 21.6 Å². The van der Waals surface area contributed by atoms with Crippen molar-refractivity contribution in [2.24, 2.45) is 5.92 Å². The minimum atomic E-state index is -0.754. The fourth-order valence-electron chi connectivity index (χ4n) is 4.42. The molecule has 2 saturated heterocycles. The van der Waals surface area contributed by atoms with E-state index in [1.54, 1.807) is 16.7 Å². The zero-order chi connectivity index (χ0) is 25.9. The second-order valence-electron chi connectivity index (χ2n) is 9.01. The van der Waals surface area contributed by atoms with Crippen LogP contribution in [0.15, 0.2) is 18.2 Å². The van der Waals surface area contributed by atoms with Crippen molar-refractivity contribution in [3.05, 3.63) is 23.8 Å². The smallest absolute Gasteiger partial charge is 0.237 e. The topological polar surface area (TPSA) is 107 Å². The molecule has 0 saturated carbocycles. The number of nitrogens with one attached hydrogen (secondary N) is 2. The van der Waals surface area contributed by atoms with Gasteiger partial charge in [-0.2, -0.15) is 5.26 Å². The van der Waals surface area contributed by atoms with Crippen LogP contribution in [0.1, 0.15) is 32.3 Å². The molecule has 10 heteroatoms. The second kappa shape index (κ2) is 14.3. The lowest BCUT2D eigenvalue weighted by Crippen LogP contribution is -2.38. The lowest BCUT2D eigenvalue weighted by molar-refractivity contribution is -0.131. The van der Waals surface area contributed by atoms with Crippen molar-refractivity contribution in [2.75, 3.05) is 64.4 Å². The molecule has 3 atom stereocenters. The van der Waals surface area contributed by atoms with Crippen LogP contribution in [0.3, 0.4) is 0 Å². The Morgan fingerprint density at radius 1 is 1.33 bits per heavy atom. The number of anilines is 1. The Hall–Kier alpha value is -2.48. The van der Waals surface area contributed by atoms with E-state index in [0.717, 1.165) is 49.8 Å². The number of hydrogen-bond donors (Lipinski definition) is 2. The van der Waals surface area contributed by atoms with Crippen LogP contribution in [0.4, 0.5) is 5.69 Å². The molecule has 2 amide bonds. The molecule has 1 aromatic rings. The number of hydrogen-bond acceptors (Lipinski definition) is 8. The van der Waals surface area contributed by atoms with Crippen molar-refractivity contribution in [1.29, 1.82) is 5.26 Å². The van der Waals surface area contributed by atoms with Crippen molar-refractivity contribution >= 4 is 29.3 Å². The number of nitrogens with zero attached hydrogens (tertiary/aromatic N) is 3. The molecular weight excluding hydrogens is 478 g/mol. The lowest BCUT2D eigenvalue weighted by Gasteiger charge is -2.26. The summed E-state index contributed by atoms with van der Waals surface area (Å²) in [6.45, 7) is 12.5. The maximum Gasteiger partial charge on any atom is 0.237 e. The van der Waals surface area contributed by atoms with Gasteiger partial charge in [-0.25, -0.2) is 0 Å². The van der Waals surface area contributed by atoms with Crippen LogP contribution < -0.4 is 15.4 Å². The largest absolute Gasteiger partial charge is 0.492 e. The van der Waals surface area contributed by atoms with Gasteiger partial charge >= 0.3 is 0 Å². The van der Waals surface area contributed by atoms with Crippen LogP contribution in [0, 0.1) is 24.2 Å². The SMILES string of the molecule is CCNC(=O)C(C#N)CC1SC(CCNc2ccc(C)c(OCCN3CCOCC3)c2)C(=O)N1CC. The van der Waals surface area contributed by atoms with Gasteiger partial charge in [-0.15, -0.1) is 11.8 Å². The fourth-order valence-corrected chi connectivity index (χ4v) is 6.01. The van der Waals surface area contributed by atoms with Gasteiger partial charge in [0.05, 0.1) is 29.9 Å². The number of carbonyl (C=O) groups excluding carboxylic acids is 2. The van der Waals surface area contributed by atoms with Gasteiger partial charge in [0.25, 0.3) is 0 Å². The Bertz CT molecular complexity index is 918. The van der Waals surface area contributed by atoms with Gasteiger partial charge in [0, 0.05) is 57.4 Å². The zero-order valence-corrected chi connectivity index (χ0v) is 22.4. The lowest BCUT2D eigenvalue weighted by atomic mass is 10.1. The predicted molar refractivity (Wildman–Crippen MR) is 142 cm³/mol. The van der Waals surface area contributed by atoms with E-state index in [-0.39, 0.29) is 22.4 Å².